The van der Waals surface area contributed by atoms with Crippen molar-refractivity contribution in [2.75, 3.05) is 11.9 Å². The zero-order valence-corrected chi connectivity index (χ0v) is 12.3. The Hall–Kier alpha value is -1.28. The molecule has 0 saturated heterocycles. The van der Waals surface area contributed by atoms with Gasteiger partial charge in [-0.05, 0) is 34.7 Å². The summed E-state index contributed by atoms with van der Waals surface area (Å²) in [5, 5.41) is 7.22. The standard InChI is InChI=1S/C13H18BrN3O/c1-4-8-17-13(18)12(14)11(9-16-17)15-7-5-6-10(2)3/h1,9-10,15H,5-8H2,2-3H3. The van der Waals surface area contributed by atoms with Crippen LogP contribution in [-0.4, -0.2) is 16.3 Å². The van der Waals surface area contributed by atoms with E-state index in [-0.39, 0.29) is 12.1 Å². The van der Waals surface area contributed by atoms with Gasteiger partial charge in [0.15, 0.2) is 0 Å². The van der Waals surface area contributed by atoms with Gasteiger partial charge >= 0.3 is 0 Å². The fraction of sp³-hybridized carbons (Fsp3) is 0.538. The molecule has 0 aliphatic heterocycles. The summed E-state index contributed by atoms with van der Waals surface area (Å²) in [5.41, 5.74) is 0.513. The normalized spacial score (nSPS) is 10.4. The van der Waals surface area contributed by atoms with Crippen LogP contribution in [0.15, 0.2) is 15.5 Å². The molecule has 1 rings (SSSR count). The van der Waals surface area contributed by atoms with Crippen LogP contribution in [0.25, 0.3) is 0 Å². The maximum Gasteiger partial charge on any atom is 0.284 e. The zero-order chi connectivity index (χ0) is 13.5. The number of anilines is 1. The Morgan fingerprint density at radius 1 is 1.61 bits per heavy atom. The molecule has 1 heterocycles. The third-order valence-corrected chi connectivity index (χ3v) is 3.27. The molecule has 0 aliphatic carbocycles. The van der Waals surface area contributed by atoms with E-state index in [4.69, 9.17) is 6.42 Å². The summed E-state index contributed by atoms with van der Waals surface area (Å²) < 4.78 is 1.74. The van der Waals surface area contributed by atoms with Crippen LogP contribution in [0.1, 0.15) is 26.7 Å². The second-order valence-electron chi connectivity index (χ2n) is 4.50. The van der Waals surface area contributed by atoms with Crippen LogP contribution in [0.3, 0.4) is 0 Å². The Bertz CT molecular complexity index is 488. The van der Waals surface area contributed by atoms with Crippen molar-refractivity contribution < 1.29 is 0 Å². The second-order valence-corrected chi connectivity index (χ2v) is 5.30. The van der Waals surface area contributed by atoms with Crippen molar-refractivity contribution in [1.82, 2.24) is 9.78 Å². The summed E-state index contributed by atoms with van der Waals surface area (Å²) in [6.07, 6.45) is 9.01. The molecule has 0 atom stereocenters. The first-order valence-corrected chi connectivity index (χ1v) is 6.78. The molecule has 0 fully saturated rings. The van der Waals surface area contributed by atoms with Gasteiger partial charge in [-0.15, -0.1) is 6.42 Å². The molecule has 0 spiro atoms. The van der Waals surface area contributed by atoms with E-state index < -0.39 is 0 Å². The van der Waals surface area contributed by atoms with E-state index in [2.05, 4.69) is 46.1 Å². The maximum atomic E-state index is 11.8. The quantitative estimate of drug-likeness (QED) is 0.648. The van der Waals surface area contributed by atoms with Crippen LogP contribution in [0.5, 0.6) is 0 Å². The van der Waals surface area contributed by atoms with Crippen LogP contribution in [0.2, 0.25) is 0 Å². The van der Waals surface area contributed by atoms with Crippen LogP contribution < -0.4 is 10.9 Å². The molecule has 4 nitrogen and oxygen atoms in total. The number of rotatable bonds is 6. The third-order valence-electron chi connectivity index (χ3n) is 2.50. The van der Waals surface area contributed by atoms with Crippen molar-refractivity contribution in [1.29, 1.82) is 0 Å². The lowest BCUT2D eigenvalue weighted by Gasteiger charge is -2.10. The van der Waals surface area contributed by atoms with Gasteiger partial charge in [0, 0.05) is 6.54 Å². The van der Waals surface area contributed by atoms with Crippen LogP contribution in [0, 0.1) is 18.3 Å². The fourth-order valence-corrected chi connectivity index (χ4v) is 1.97. The number of hydrogen-bond donors (Lipinski definition) is 1. The Labute approximate surface area is 116 Å². The van der Waals surface area contributed by atoms with Crippen molar-refractivity contribution in [2.24, 2.45) is 5.92 Å². The molecule has 0 aromatic carbocycles. The van der Waals surface area contributed by atoms with Gasteiger partial charge in [0.2, 0.25) is 0 Å². The molecule has 0 saturated carbocycles. The van der Waals surface area contributed by atoms with Gasteiger partial charge < -0.3 is 5.32 Å². The van der Waals surface area contributed by atoms with Gasteiger partial charge in [-0.25, -0.2) is 4.68 Å². The predicted molar refractivity (Wildman–Crippen MR) is 77.6 cm³/mol. The molecule has 1 aromatic heterocycles. The van der Waals surface area contributed by atoms with E-state index in [1.54, 1.807) is 6.20 Å². The maximum absolute atomic E-state index is 11.8. The number of nitrogens with zero attached hydrogens (tertiary/aromatic N) is 2. The average molecular weight is 312 g/mol. The molecule has 0 radical (unpaired) electrons. The minimum atomic E-state index is -0.207. The summed E-state index contributed by atoms with van der Waals surface area (Å²) in [7, 11) is 0. The lowest BCUT2D eigenvalue weighted by atomic mass is 10.1. The SMILES string of the molecule is C#CCn1ncc(NCCCC(C)C)c(Br)c1=O. The second kappa shape index (κ2) is 7.22. The molecule has 1 N–H and O–H groups in total. The largest absolute Gasteiger partial charge is 0.383 e. The van der Waals surface area contributed by atoms with E-state index in [0.717, 1.165) is 25.1 Å². The molecule has 5 heteroatoms. The first-order chi connectivity index (χ1) is 8.56. The Morgan fingerprint density at radius 2 is 2.33 bits per heavy atom. The Morgan fingerprint density at radius 3 is 2.94 bits per heavy atom. The molecular weight excluding hydrogens is 294 g/mol. The first-order valence-electron chi connectivity index (χ1n) is 5.99. The molecule has 1 aromatic rings. The van der Waals surface area contributed by atoms with Gasteiger partial charge in [-0.1, -0.05) is 19.8 Å². The number of nitrogens with one attached hydrogen (secondary N) is 1. The molecule has 18 heavy (non-hydrogen) atoms. The van der Waals surface area contributed by atoms with Gasteiger partial charge in [0.25, 0.3) is 5.56 Å². The smallest absolute Gasteiger partial charge is 0.284 e. The van der Waals surface area contributed by atoms with Crippen molar-refractivity contribution in [3.63, 3.8) is 0 Å². The van der Waals surface area contributed by atoms with Gasteiger partial charge in [-0.3, -0.25) is 4.79 Å². The fourth-order valence-electron chi connectivity index (χ4n) is 1.52. The summed E-state index contributed by atoms with van der Waals surface area (Å²) in [6, 6.07) is 0. The van der Waals surface area contributed by atoms with Gasteiger partial charge in [-0.2, -0.15) is 5.10 Å². The summed E-state index contributed by atoms with van der Waals surface area (Å²) in [5.74, 6) is 3.09. The molecule has 0 amide bonds. The van der Waals surface area contributed by atoms with Crippen LogP contribution >= 0.6 is 15.9 Å². The molecule has 0 bridgehead atoms. The summed E-state index contributed by atoms with van der Waals surface area (Å²) in [6.45, 7) is 5.40. The molecule has 0 unspecified atom stereocenters. The van der Waals surface area contributed by atoms with Crippen molar-refractivity contribution in [3.8, 4) is 12.3 Å². The highest BCUT2D eigenvalue weighted by atomic mass is 79.9. The number of halogens is 1. The van der Waals surface area contributed by atoms with Crippen LogP contribution in [-0.2, 0) is 6.54 Å². The summed E-state index contributed by atoms with van der Waals surface area (Å²) >= 11 is 3.28. The molecule has 0 aliphatic rings. The zero-order valence-electron chi connectivity index (χ0n) is 10.7. The summed E-state index contributed by atoms with van der Waals surface area (Å²) in [4.78, 5) is 11.8. The topological polar surface area (TPSA) is 46.9 Å². The lowest BCUT2D eigenvalue weighted by molar-refractivity contribution is 0.566. The Balaban J connectivity index is 2.66. The number of hydrogen-bond acceptors (Lipinski definition) is 3. The Kier molecular flexibility index (Phi) is 5.93. The highest BCUT2D eigenvalue weighted by Crippen LogP contribution is 2.16. The minimum Gasteiger partial charge on any atom is -0.383 e. The van der Waals surface area contributed by atoms with Gasteiger partial charge in [0.1, 0.15) is 11.0 Å². The van der Waals surface area contributed by atoms with E-state index in [9.17, 15) is 4.79 Å². The van der Waals surface area contributed by atoms with Gasteiger partial charge in [0.05, 0.1) is 11.9 Å². The van der Waals surface area contributed by atoms with E-state index in [1.807, 2.05) is 0 Å². The monoisotopic (exact) mass is 311 g/mol. The molecule has 98 valence electrons. The predicted octanol–water partition coefficient (Wildman–Crippen LogP) is 2.49. The van der Waals surface area contributed by atoms with E-state index in [0.29, 0.717) is 10.4 Å². The minimum absolute atomic E-state index is 0.186. The van der Waals surface area contributed by atoms with E-state index >= 15 is 0 Å². The van der Waals surface area contributed by atoms with Crippen molar-refractivity contribution >= 4 is 21.6 Å². The van der Waals surface area contributed by atoms with Crippen molar-refractivity contribution in [2.45, 2.75) is 33.2 Å². The lowest BCUT2D eigenvalue weighted by Crippen LogP contribution is -2.24. The average Bonchev–Trinajstić information content (AvgIpc) is 2.33. The van der Waals surface area contributed by atoms with E-state index in [1.165, 1.54) is 4.68 Å². The third kappa shape index (κ3) is 4.19. The first kappa shape index (κ1) is 14.8. The van der Waals surface area contributed by atoms with Crippen LogP contribution in [0.4, 0.5) is 5.69 Å². The highest BCUT2D eigenvalue weighted by molar-refractivity contribution is 9.10. The number of terminal acetylenes is 1. The highest BCUT2D eigenvalue weighted by Gasteiger charge is 2.07. The number of aromatic nitrogens is 2. The van der Waals surface area contributed by atoms with Crippen molar-refractivity contribution in [3.05, 3.63) is 21.0 Å². The molecular formula is C13H18BrN3O.